The lowest BCUT2D eigenvalue weighted by atomic mass is 10.1. The molecule has 0 spiro atoms. The normalized spacial score (nSPS) is 10.1. The molecule has 2 amide bonds. The predicted molar refractivity (Wildman–Crippen MR) is 70.5 cm³/mol. The summed E-state index contributed by atoms with van der Waals surface area (Å²) in [6, 6.07) is 5.81. The van der Waals surface area contributed by atoms with E-state index in [4.69, 9.17) is 9.63 Å². The molecule has 1 heterocycles. The number of carboxylic acids is 1. The largest absolute Gasteiger partial charge is 0.478 e. The molecule has 2 aromatic rings. The highest BCUT2D eigenvalue weighted by atomic mass is 16.5. The number of aryl methyl sites for hydroxylation is 1. The molecule has 104 valence electrons. The monoisotopic (exact) mass is 275 g/mol. The van der Waals surface area contributed by atoms with Crippen molar-refractivity contribution < 1.29 is 19.2 Å². The minimum absolute atomic E-state index is 0.206. The Kier molecular flexibility index (Phi) is 3.99. The zero-order valence-electron chi connectivity index (χ0n) is 10.7. The van der Waals surface area contributed by atoms with Gasteiger partial charge in [-0.25, -0.2) is 9.59 Å². The second-order valence-corrected chi connectivity index (χ2v) is 4.12. The summed E-state index contributed by atoms with van der Waals surface area (Å²) in [5, 5.41) is 17.6. The van der Waals surface area contributed by atoms with Crippen molar-refractivity contribution in [1.82, 2.24) is 10.5 Å². The Labute approximate surface area is 114 Å². The molecule has 0 saturated heterocycles. The first-order valence-electron chi connectivity index (χ1n) is 5.84. The molecule has 2 rings (SSSR count). The van der Waals surface area contributed by atoms with Gasteiger partial charge in [-0.15, -0.1) is 0 Å². The van der Waals surface area contributed by atoms with E-state index in [0.717, 1.165) is 0 Å². The van der Waals surface area contributed by atoms with Crippen molar-refractivity contribution in [2.45, 2.75) is 13.5 Å². The predicted octanol–water partition coefficient (Wildman–Crippen LogP) is 2.00. The van der Waals surface area contributed by atoms with E-state index in [1.54, 1.807) is 19.1 Å². The first-order chi connectivity index (χ1) is 9.56. The van der Waals surface area contributed by atoms with Crippen molar-refractivity contribution in [3.05, 3.63) is 47.3 Å². The number of aromatic nitrogens is 1. The summed E-state index contributed by atoms with van der Waals surface area (Å²) >= 11 is 0. The molecule has 3 N–H and O–H groups in total. The number of benzene rings is 1. The van der Waals surface area contributed by atoms with Gasteiger partial charge in [-0.2, -0.15) is 0 Å². The van der Waals surface area contributed by atoms with Crippen LogP contribution in [0.1, 0.15) is 21.7 Å². The summed E-state index contributed by atoms with van der Waals surface area (Å²) in [5.41, 5.74) is 1.30. The summed E-state index contributed by atoms with van der Waals surface area (Å²) < 4.78 is 4.84. The number of nitrogens with zero attached hydrogens (tertiary/aromatic N) is 1. The third-order valence-electron chi connectivity index (χ3n) is 2.63. The molecular formula is C13H13N3O4. The number of carboxylic acid groups (broad SMARTS) is 1. The standard InChI is InChI=1S/C13H13N3O4/c1-8-6-9(2-3-11(8)12(17)18)16-13(19)14-7-10-4-5-15-20-10/h2-6H,7H2,1H3,(H,17,18)(H2,14,16,19). The first-order valence-corrected chi connectivity index (χ1v) is 5.84. The van der Waals surface area contributed by atoms with E-state index in [-0.39, 0.29) is 12.1 Å². The van der Waals surface area contributed by atoms with E-state index in [2.05, 4.69) is 15.8 Å². The van der Waals surface area contributed by atoms with E-state index in [0.29, 0.717) is 17.0 Å². The van der Waals surface area contributed by atoms with E-state index in [1.165, 1.54) is 18.3 Å². The molecule has 0 bridgehead atoms. The highest BCUT2D eigenvalue weighted by Gasteiger charge is 2.09. The second-order valence-electron chi connectivity index (χ2n) is 4.12. The summed E-state index contributed by atoms with van der Waals surface area (Å²) in [6.07, 6.45) is 1.49. The van der Waals surface area contributed by atoms with Crippen LogP contribution in [0.5, 0.6) is 0 Å². The van der Waals surface area contributed by atoms with E-state index in [1.807, 2.05) is 0 Å². The fraction of sp³-hybridized carbons (Fsp3) is 0.154. The van der Waals surface area contributed by atoms with E-state index >= 15 is 0 Å². The Morgan fingerprint density at radius 3 is 2.75 bits per heavy atom. The zero-order chi connectivity index (χ0) is 14.5. The number of hydrogen-bond acceptors (Lipinski definition) is 4. The van der Waals surface area contributed by atoms with Crippen molar-refractivity contribution in [2.75, 3.05) is 5.32 Å². The third-order valence-corrected chi connectivity index (χ3v) is 2.63. The van der Waals surface area contributed by atoms with Gasteiger partial charge in [0.15, 0.2) is 5.76 Å². The molecule has 0 atom stereocenters. The Morgan fingerprint density at radius 1 is 1.35 bits per heavy atom. The number of rotatable bonds is 4. The van der Waals surface area contributed by atoms with Crippen molar-refractivity contribution in [3.63, 3.8) is 0 Å². The van der Waals surface area contributed by atoms with Gasteiger partial charge in [-0.05, 0) is 30.7 Å². The van der Waals surface area contributed by atoms with Gasteiger partial charge in [0.25, 0.3) is 0 Å². The average molecular weight is 275 g/mol. The highest BCUT2D eigenvalue weighted by Crippen LogP contribution is 2.15. The Hall–Kier alpha value is -2.83. The third kappa shape index (κ3) is 3.35. The minimum Gasteiger partial charge on any atom is -0.478 e. The minimum atomic E-state index is -0.996. The maximum Gasteiger partial charge on any atom is 0.335 e. The topological polar surface area (TPSA) is 104 Å². The molecule has 0 radical (unpaired) electrons. The number of carbonyl (C=O) groups is 2. The number of amides is 2. The summed E-state index contributed by atoms with van der Waals surface area (Å²) in [4.78, 5) is 22.5. The lowest BCUT2D eigenvalue weighted by Gasteiger charge is -2.08. The zero-order valence-corrected chi connectivity index (χ0v) is 10.7. The number of nitrogens with one attached hydrogen (secondary N) is 2. The molecular weight excluding hydrogens is 262 g/mol. The smallest absolute Gasteiger partial charge is 0.335 e. The van der Waals surface area contributed by atoms with Crippen LogP contribution < -0.4 is 10.6 Å². The van der Waals surface area contributed by atoms with Crippen LogP contribution in [0.3, 0.4) is 0 Å². The van der Waals surface area contributed by atoms with E-state index < -0.39 is 12.0 Å². The lowest BCUT2D eigenvalue weighted by molar-refractivity contribution is 0.0696. The first kappa shape index (κ1) is 13.6. The van der Waals surface area contributed by atoms with Crippen molar-refractivity contribution in [2.24, 2.45) is 0 Å². The molecule has 0 unspecified atom stereocenters. The Bertz CT molecular complexity index is 623. The van der Waals surface area contributed by atoms with Crippen LogP contribution in [0.15, 0.2) is 35.0 Å². The van der Waals surface area contributed by atoms with Gasteiger partial charge in [0.1, 0.15) is 0 Å². The molecule has 7 heteroatoms. The Balaban J connectivity index is 1.94. The van der Waals surface area contributed by atoms with Gasteiger partial charge in [0.2, 0.25) is 0 Å². The summed E-state index contributed by atoms with van der Waals surface area (Å²) in [5.74, 6) is -0.457. The van der Waals surface area contributed by atoms with Gasteiger partial charge in [0, 0.05) is 11.8 Å². The van der Waals surface area contributed by atoms with Crippen molar-refractivity contribution in [3.8, 4) is 0 Å². The van der Waals surface area contributed by atoms with Gasteiger partial charge < -0.3 is 20.3 Å². The number of urea groups is 1. The quantitative estimate of drug-likeness (QED) is 0.791. The maximum atomic E-state index is 11.6. The SMILES string of the molecule is Cc1cc(NC(=O)NCc2ccno2)ccc1C(=O)O. The number of aromatic carboxylic acids is 1. The summed E-state index contributed by atoms with van der Waals surface area (Å²) in [7, 11) is 0. The highest BCUT2D eigenvalue weighted by molar-refractivity contribution is 5.92. The number of carbonyl (C=O) groups excluding carboxylic acids is 1. The van der Waals surface area contributed by atoms with Crippen LogP contribution in [0.25, 0.3) is 0 Å². The van der Waals surface area contributed by atoms with Gasteiger partial charge >= 0.3 is 12.0 Å². The number of hydrogen-bond donors (Lipinski definition) is 3. The average Bonchev–Trinajstić information content (AvgIpc) is 2.89. The fourth-order valence-corrected chi connectivity index (χ4v) is 1.66. The second kappa shape index (κ2) is 5.87. The van der Waals surface area contributed by atoms with Crippen LogP contribution in [0.4, 0.5) is 10.5 Å². The Morgan fingerprint density at radius 2 is 2.15 bits per heavy atom. The van der Waals surface area contributed by atoms with E-state index in [9.17, 15) is 9.59 Å². The molecule has 0 saturated carbocycles. The number of anilines is 1. The van der Waals surface area contributed by atoms with Crippen LogP contribution >= 0.6 is 0 Å². The molecule has 1 aromatic heterocycles. The maximum absolute atomic E-state index is 11.6. The molecule has 0 aliphatic rings. The lowest BCUT2D eigenvalue weighted by Crippen LogP contribution is -2.28. The molecule has 0 fully saturated rings. The van der Waals surface area contributed by atoms with Gasteiger partial charge in [-0.1, -0.05) is 5.16 Å². The van der Waals surface area contributed by atoms with Crippen LogP contribution in [-0.4, -0.2) is 22.3 Å². The van der Waals surface area contributed by atoms with Crippen molar-refractivity contribution in [1.29, 1.82) is 0 Å². The molecule has 1 aromatic carbocycles. The van der Waals surface area contributed by atoms with Crippen LogP contribution in [0.2, 0.25) is 0 Å². The van der Waals surface area contributed by atoms with Crippen LogP contribution in [-0.2, 0) is 6.54 Å². The van der Waals surface area contributed by atoms with Gasteiger partial charge in [-0.3, -0.25) is 0 Å². The molecule has 0 aliphatic carbocycles. The fourth-order valence-electron chi connectivity index (χ4n) is 1.66. The molecule has 0 aliphatic heterocycles. The molecule has 7 nitrogen and oxygen atoms in total. The summed E-state index contributed by atoms with van der Waals surface area (Å²) in [6.45, 7) is 1.89. The van der Waals surface area contributed by atoms with Gasteiger partial charge in [0.05, 0.1) is 18.3 Å². The van der Waals surface area contributed by atoms with Crippen LogP contribution in [0, 0.1) is 6.92 Å². The molecule has 20 heavy (non-hydrogen) atoms. The van der Waals surface area contributed by atoms with Crippen molar-refractivity contribution >= 4 is 17.7 Å².